The molecule has 0 aliphatic heterocycles. The van der Waals surface area contributed by atoms with E-state index in [1.807, 2.05) is 0 Å². The Balaban J connectivity index is 2.32. The fraction of sp³-hybridized carbons (Fsp3) is 0.500. The molecule has 1 aromatic carbocycles. The number of rotatable bonds is 7. The van der Waals surface area contributed by atoms with Crippen LogP contribution in [-0.4, -0.2) is 29.8 Å². The number of aliphatic hydroxyl groups excluding tert-OH is 1. The Morgan fingerprint density at radius 2 is 2.21 bits per heavy atom. The highest BCUT2D eigenvalue weighted by molar-refractivity contribution is 5.80. The molecule has 0 aromatic heterocycles. The van der Waals surface area contributed by atoms with Crippen LogP contribution in [0.2, 0.25) is 0 Å². The molecule has 1 aromatic rings. The highest BCUT2D eigenvalue weighted by atomic mass is 19.1. The highest BCUT2D eigenvalue weighted by Crippen LogP contribution is 2.13. The summed E-state index contributed by atoms with van der Waals surface area (Å²) in [5.41, 5.74) is 0. The Kier molecular flexibility index (Phi) is 6.29. The first kappa shape index (κ1) is 15.4. The fourth-order valence-corrected chi connectivity index (χ4v) is 1.55. The van der Waals surface area contributed by atoms with Gasteiger partial charge in [0.25, 0.3) is 5.91 Å². The fourth-order valence-electron chi connectivity index (χ4n) is 1.55. The Labute approximate surface area is 112 Å². The van der Waals surface area contributed by atoms with Gasteiger partial charge in [0.15, 0.2) is 6.10 Å². The zero-order valence-electron chi connectivity index (χ0n) is 11.2. The monoisotopic (exact) mass is 269 g/mol. The normalized spacial score (nSPS) is 13.7. The smallest absolute Gasteiger partial charge is 0.260 e. The summed E-state index contributed by atoms with van der Waals surface area (Å²) in [5, 5.41) is 11.8. The van der Waals surface area contributed by atoms with Crippen molar-refractivity contribution in [1.29, 1.82) is 0 Å². The molecule has 0 bridgehead atoms. The standard InChI is InChI=1S/C14H20FNO3/c1-10(17)5-4-8-16-14(18)11(2)19-13-7-3-6-12(15)9-13/h3,6-7,9-11,17H,4-5,8H2,1-2H3,(H,16,18). The van der Waals surface area contributed by atoms with Crippen LogP contribution in [0.25, 0.3) is 0 Å². The molecule has 0 saturated heterocycles. The van der Waals surface area contributed by atoms with Gasteiger partial charge in [0.2, 0.25) is 0 Å². The SMILES string of the molecule is CC(O)CCCNC(=O)C(C)Oc1cccc(F)c1. The molecule has 2 atom stereocenters. The molecule has 0 radical (unpaired) electrons. The Hall–Kier alpha value is -1.62. The highest BCUT2D eigenvalue weighted by Gasteiger charge is 2.14. The van der Waals surface area contributed by atoms with Crippen molar-refractivity contribution < 1.29 is 19.0 Å². The maximum absolute atomic E-state index is 12.9. The first-order chi connectivity index (χ1) is 8.99. The minimum atomic E-state index is -0.687. The minimum absolute atomic E-state index is 0.255. The summed E-state index contributed by atoms with van der Waals surface area (Å²) in [7, 11) is 0. The second-order valence-electron chi connectivity index (χ2n) is 4.50. The van der Waals surface area contributed by atoms with E-state index in [1.54, 1.807) is 19.9 Å². The van der Waals surface area contributed by atoms with Gasteiger partial charge in [0.1, 0.15) is 11.6 Å². The van der Waals surface area contributed by atoms with Crippen LogP contribution in [0, 0.1) is 5.82 Å². The molecule has 19 heavy (non-hydrogen) atoms. The van der Waals surface area contributed by atoms with Gasteiger partial charge in [0, 0.05) is 12.6 Å². The number of carbonyl (C=O) groups is 1. The van der Waals surface area contributed by atoms with E-state index in [2.05, 4.69) is 5.32 Å². The van der Waals surface area contributed by atoms with Gasteiger partial charge in [-0.05, 0) is 38.8 Å². The van der Waals surface area contributed by atoms with Crippen molar-refractivity contribution in [3.05, 3.63) is 30.1 Å². The molecule has 2 N–H and O–H groups in total. The predicted octanol–water partition coefficient (Wildman–Crippen LogP) is 1.87. The first-order valence-electron chi connectivity index (χ1n) is 6.37. The predicted molar refractivity (Wildman–Crippen MR) is 70.4 cm³/mol. The van der Waals surface area contributed by atoms with E-state index >= 15 is 0 Å². The van der Waals surface area contributed by atoms with E-state index in [1.165, 1.54) is 18.2 Å². The summed E-state index contributed by atoms with van der Waals surface area (Å²) in [6.07, 6.45) is 0.293. The van der Waals surface area contributed by atoms with Crippen LogP contribution >= 0.6 is 0 Å². The lowest BCUT2D eigenvalue weighted by Gasteiger charge is -2.14. The summed E-state index contributed by atoms with van der Waals surface area (Å²) in [4.78, 5) is 11.7. The molecule has 0 aliphatic rings. The maximum Gasteiger partial charge on any atom is 0.260 e. The lowest BCUT2D eigenvalue weighted by molar-refractivity contribution is -0.127. The number of carbonyl (C=O) groups excluding carboxylic acids is 1. The van der Waals surface area contributed by atoms with E-state index < -0.39 is 11.9 Å². The molecule has 0 fully saturated rings. The second-order valence-corrected chi connectivity index (χ2v) is 4.50. The second kappa shape index (κ2) is 7.74. The number of ether oxygens (including phenoxy) is 1. The van der Waals surface area contributed by atoms with Crippen LogP contribution in [0.3, 0.4) is 0 Å². The Bertz CT molecular complexity index is 409. The van der Waals surface area contributed by atoms with Crippen LogP contribution in [0.4, 0.5) is 4.39 Å². The van der Waals surface area contributed by atoms with Gasteiger partial charge in [-0.3, -0.25) is 4.79 Å². The van der Waals surface area contributed by atoms with Crippen molar-refractivity contribution in [3.63, 3.8) is 0 Å². The average molecular weight is 269 g/mol. The molecular formula is C14H20FNO3. The molecular weight excluding hydrogens is 249 g/mol. The van der Waals surface area contributed by atoms with Gasteiger partial charge < -0.3 is 15.2 Å². The zero-order valence-corrected chi connectivity index (χ0v) is 11.2. The van der Waals surface area contributed by atoms with Gasteiger partial charge in [-0.1, -0.05) is 6.07 Å². The molecule has 106 valence electrons. The van der Waals surface area contributed by atoms with Crippen LogP contribution in [0.1, 0.15) is 26.7 Å². The van der Waals surface area contributed by atoms with Crippen LogP contribution in [-0.2, 0) is 4.79 Å². The summed E-state index contributed by atoms with van der Waals surface area (Å²) < 4.78 is 18.3. The lowest BCUT2D eigenvalue weighted by Crippen LogP contribution is -2.37. The Morgan fingerprint density at radius 1 is 1.47 bits per heavy atom. The van der Waals surface area contributed by atoms with Crippen LogP contribution < -0.4 is 10.1 Å². The molecule has 0 heterocycles. The Morgan fingerprint density at radius 3 is 2.84 bits per heavy atom. The van der Waals surface area contributed by atoms with E-state index in [4.69, 9.17) is 9.84 Å². The van der Waals surface area contributed by atoms with Crippen molar-refractivity contribution in [1.82, 2.24) is 5.32 Å². The van der Waals surface area contributed by atoms with Gasteiger partial charge >= 0.3 is 0 Å². The zero-order chi connectivity index (χ0) is 14.3. The van der Waals surface area contributed by atoms with Gasteiger partial charge in [-0.25, -0.2) is 4.39 Å². The van der Waals surface area contributed by atoms with E-state index in [0.717, 1.165) is 0 Å². The maximum atomic E-state index is 12.9. The number of hydrogen-bond acceptors (Lipinski definition) is 3. The number of halogens is 1. The van der Waals surface area contributed by atoms with Gasteiger partial charge in [-0.2, -0.15) is 0 Å². The van der Waals surface area contributed by atoms with Crippen LogP contribution in [0.15, 0.2) is 24.3 Å². The quantitative estimate of drug-likeness (QED) is 0.743. The number of benzene rings is 1. The summed E-state index contributed by atoms with van der Waals surface area (Å²) in [6.45, 7) is 3.80. The summed E-state index contributed by atoms with van der Waals surface area (Å²) in [5.74, 6) is -0.330. The molecule has 4 nitrogen and oxygen atoms in total. The largest absolute Gasteiger partial charge is 0.481 e. The molecule has 0 aliphatic carbocycles. The third-order valence-electron chi connectivity index (χ3n) is 2.58. The van der Waals surface area contributed by atoms with Crippen molar-refractivity contribution in [3.8, 4) is 5.75 Å². The topological polar surface area (TPSA) is 58.6 Å². The van der Waals surface area contributed by atoms with Crippen molar-refractivity contribution in [2.45, 2.75) is 38.9 Å². The minimum Gasteiger partial charge on any atom is -0.481 e. The third-order valence-corrected chi connectivity index (χ3v) is 2.58. The van der Waals surface area contributed by atoms with Crippen molar-refractivity contribution in [2.24, 2.45) is 0 Å². The molecule has 0 saturated carbocycles. The third kappa shape index (κ3) is 6.20. The van der Waals surface area contributed by atoms with Crippen molar-refractivity contribution in [2.75, 3.05) is 6.54 Å². The molecule has 5 heteroatoms. The summed E-state index contributed by atoms with van der Waals surface area (Å²) >= 11 is 0. The summed E-state index contributed by atoms with van der Waals surface area (Å²) in [6, 6.07) is 5.67. The lowest BCUT2D eigenvalue weighted by atomic mass is 10.2. The number of hydrogen-bond donors (Lipinski definition) is 2. The number of nitrogens with one attached hydrogen (secondary N) is 1. The first-order valence-corrected chi connectivity index (χ1v) is 6.37. The van der Waals surface area contributed by atoms with E-state index in [-0.39, 0.29) is 12.0 Å². The van der Waals surface area contributed by atoms with E-state index in [9.17, 15) is 9.18 Å². The van der Waals surface area contributed by atoms with Gasteiger partial charge in [-0.15, -0.1) is 0 Å². The average Bonchev–Trinajstić information content (AvgIpc) is 2.34. The molecule has 1 rings (SSSR count). The number of aliphatic hydroxyl groups is 1. The van der Waals surface area contributed by atoms with E-state index in [0.29, 0.717) is 25.1 Å². The molecule has 0 spiro atoms. The molecule has 1 amide bonds. The van der Waals surface area contributed by atoms with Gasteiger partial charge in [0.05, 0.1) is 6.10 Å². The number of amides is 1. The van der Waals surface area contributed by atoms with Crippen molar-refractivity contribution >= 4 is 5.91 Å². The molecule has 2 unspecified atom stereocenters. The van der Waals surface area contributed by atoms with Crippen LogP contribution in [0.5, 0.6) is 5.75 Å².